The normalized spacial score (nSPS) is 19.0. The highest BCUT2D eigenvalue weighted by atomic mass is 32.2. The summed E-state index contributed by atoms with van der Waals surface area (Å²) >= 11 is 0. The van der Waals surface area contributed by atoms with Crippen LogP contribution in [0.5, 0.6) is 0 Å². The van der Waals surface area contributed by atoms with Crippen molar-refractivity contribution in [2.75, 3.05) is 49.5 Å². The van der Waals surface area contributed by atoms with Gasteiger partial charge in [-0.1, -0.05) is 13.0 Å². The van der Waals surface area contributed by atoms with Gasteiger partial charge in [0, 0.05) is 74.3 Å². The van der Waals surface area contributed by atoms with Gasteiger partial charge in [-0.05, 0) is 117 Å². The summed E-state index contributed by atoms with van der Waals surface area (Å²) in [5.74, 6) is 1.20. The quantitative estimate of drug-likeness (QED) is 0.174. The topological polar surface area (TPSA) is 215 Å². The lowest BCUT2D eigenvalue weighted by atomic mass is 9.88. The molecule has 1 saturated carbocycles. The van der Waals surface area contributed by atoms with Gasteiger partial charge in [0.1, 0.15) is 5.65 Å². The fraction of sp³-hybridized carbons (Fsp3) is 0.467. The van der Waals surface area contributed by atoms with Crippen molar-refractivity contribution in [3.05, 3.63) is 81.3 Å². The monoisotopic (exact) mass is 870 g/mol. The van der Waals surface area contributed by atoms with Crippen LogP contribution in [0.1, 0.15) is 86.1 Å². The number of rotatable bonds is 12. The molecule has 5 aromatic rings. The van der Waals surface area contributed by atoms with E-state index in [9.17, 15) is 33.3 Å². The van der Waals surface area contributed by atoms with Gasteiger partial charge in [0.15, 0.2) is 5.82 Å². The lowest BCUT2D eigenvalue weighted by Gasteiger charge is -2.34. The van der Waals surface area contributed by atoms with Crippen LogP contribution in [-0.2, 0) is 34.7 Å². The van der Waals surface area contributed by atoms with Crippen molar-refractivity contribution in [1.29, 1.82) is 10.5 Å². The zero-order chi connectivity index (χ0) is 44.0. The second-order valence-electron chi connectivity index (χ2n) is 17.5. The maximum absolute atomic E-state index is 14.0. The molecule has 326 valence electrons. The molecule has 17 nitrogen and oxygen atoms in total. The molecule has 3 aromatic heterocycles. The average Bonchev–Trinajstić information content (AvgIpc) is 4.06. The standard InChI is InChI=1S/C45H50N12O5S/c1-28(27-54-16-10-29(11-17-54)30-4-8-38-39(24-30)53(2)52-42(38)56-20-14-40(58)50-45(56)60)21-33-23-37(7-3-32(33)25-47)63(61,62)55-18-12-35(13-19-55)49-44-48-26-34-22-31(9-15-46)43(59)57(36-5-6-36)41(34)51-44/h3-4,7-8,22-24,26,28-29,35-36H,5-6,9-14,16-21,27H2,1-2H3,(H,48,49,51)(H,50,58,60). The number of hydrogen-bond acceptors (Lipinski definition) is 12. The molecule has 1 atom stereocenters. The molecule has 18 heteroatoms. The number of carbonyl (C=O) groups excluding carboxylic acids is 2. The number of carbonyl (C=O) groups is 2. The van der Waals surface area contributed by atoms with Gasteiger partial charge in [-0.2, -0.15) is 24.9 Å². The second kappa shape index (κ2) is 17.2. The molecule has 1 aliphatic carbocycles. The number of imide groups is 1. The number of anilines is 2. The molecular formula is C45H50N12O5S. The zero-order valence-electron chi connectivity index (χ0n) is 35.5. The average molecular weight is 871 g/mol. The summed E-state index contributed by atoms with van der Waals surface area (Å²) in [6, 6.07) is 16.7. The van der Waals surface area contributed by atoms with Gasteiger partial charge in [-0.25, -0.2) is 18.2 Å². The molecule has 3 aliphatic heterocycles. The molecule has 63 heavy (non-hydrogen) atoms. The van der Waals surface area contributed by atoms with E-state index in [0.717, 1.165) is 61.8 Å². The van der Waals surface area contributed by atoms with Crippen molar-refractivity contribution in [2.45, 2.75) is 87.6 Å². The summed E-state index contributed by atoms with van der Waals surface area (Å²) in [5.41, 5.74) is 4.17. The van der Waals surface area contributed by atoms with Gasteiger partial charge in [0.25, 0.3) is 5.56 Å². The number of nitrogens with zero attached hydrogens (tertiary/aromatic N) is 10. The van der Waals surface area contributed by atoms with E-state index in [1.54, 1.807) is 33.6 Å². The molecule has 0 bridgehead atoms. The highest BCUT2D eigenvalue weighted by Gasteiger charge is 2.33. The summed E-state index contributed by atoms with van der Waals surface area (Å²) in [5, 5.41) is 31.2. The minimum atomic E-state index is -3.82. The van der Waals surface area contributed by atoms with Crippen molar-refractivity contribution >= 4 is 55.7 Å². The number of urea groups is 1. The number of nitrogens with one attached hydrogen (secondary N) is 2. The van der Waals surface area contributed by atoms with Gasteiger partial charge < -0.3 is 10.2 Å². The number of likely N-dealkylation sites (tertiary alicyclic amines) is 1. The Labute approximate surface area is 365 Å². The molecule has 1 unspecified atom stereocenters. The van der Waals surface area contributed by atoms with Crippen molar-refractivity contribution in [3.8, 4) is 12.1 Å². The number of amides is 3. The molecule has 4 fully saturated rings. The van der Waals surface area contributed by atoms with Crippen molar-refractivity contribution in [3.63, 3.8) is 0 Å². The number of hydrogen-bond donors (Lipinski definition) is 2. The number of sulfonamides is 1. The molecule has 3 amide bonds. The molecule has 0 spiro atoms. The highest BCUT2D eigenvalue weighted by molar-refractivity contribution is 7.89. The minimum absolute atomic E-state index is 0.0273. The van der Waals surface area contributed by atoms with Gasteiger partial charge in [0.2, 0.25) is 21.9 Å². The molecule has 3 saturated heterocycles. The van der Waals surface area contributed by atoms with E-state index < -0.39 is 16.1 Å². The van der Waals surface area contributed by atoms with Crippen LogP contribution >= 0.6 is 0 Å². The second-order valence-corrected chi connectivity index (χ2v) is 19.4. The van der Waals surface area contributed by atoms with Crippen molar-refractivity contribution < 1.29 is 18.0 Å². The molecule has 0 radical (unpaired) electrons. The first-order valence-corrected chi connectivity index (χ1v) is 23.2. The number of aromatic nitrogens is 5. The van der Waals surface area contributed by atoms with Crippen LogP contribution in [0.2, 0.25) is 0 Å². The minimum Gasteiger partial charge on any atom is -0.351 e. The summed E-state index contributed by atoms with van der Waals surface area (Å²) in [6.45, 7) is 5.69. The summed E-state index contributed by atoms with van der Waals surface area (Å²) in [4.78, 5) is 50.8. The van der Waals surface area contributed by atoms with E-state index in [1.807, 2.05) is 13.1 Å². The Balaban J connectivity index is 0.797. The summed E-state index contributed by atoms with van der Waals surface area (Å²) < 4.78 is 33.0. The first-order valence-electron chi connectivity index (χ1n) is 21.8. The highest BCUT2D eigenvalue weighted by Crippen LogP contribution is 2.37. The van der Waals surface area contributed by atoms with E-state index >= 15 is 0 Å². The van der Waals surface area contributed by atoms with Crippen LogP contribution in [0.25, 0.3) is 21.9 Å². The fourth-order valence-electron chi connectivity index (χ4n) is 9.52. The van der Waals surface area contributed by atoms with Gasteiger partial charge in [-0.3, -0.25) is 29.1 Å². The predicted octanol–water partition coefficient (Wildman–Crippen LogP) is 4.72. The largest absolute Gasteiger partial charge is 0.351 e. The third-order valence-corrected chi connectivity index (χ3v) is 14.9. The Morgan fingerprint density at radius 3 is 2.43 bits per heavy atom. The number of piperidine rings is 2. The first kappa shape index (κ1) is 42.1. The maximum Gasteiger partial charge on any atom is 0.329 e. The molecule has 9 rings (SSSR count). The van der Waals surface area contributed by atoms with Gasteiger partial charge >= 0.3 is 6.03 Å². The fourth-order valence-corrected chi connectivity index (χ4v) is 11.0. The molecule has 6 heterocycles. The van der Waals surface area contributed by atoms with E-state index in [1.165, 1.54) is 20.8 Å². The van der Waals surface area contributed by atoms with Crippen molar-refractivity contribution in [1.82, 2.24) is 38.8 Å². The molecule has 2 aromatic carbocycles. The number of pyridine rings is 1. The summed E-state index contributed by atoms with van der Waals surface area (Å²) in [7, 11) is -1.95. The first-order chi connectivity index (χ1) is 30.4. The lowest BCUT2D eigenvalue weighted by molar-refractivity contribution is -0.120. The van der Waals surface area contributed by atoms with Gasteiger partial charge in [-0.15, -0.1) is 0 Å². The SMILES string of the molecule is CC(Cc1cc(S(=O)(=O)N2CCC(Nc3ncc4cc(CC#N)c(=O)n(C5CC5)c4n3)CC2)ccc1C#N)CN1CCC(c2ccc3c(N4CCC(=O)NC4=O)nn(C)c3c2)CC1. The Morgan fingerprint density at radius 1 is 0.937 bits per heavy atom. The lowest BCUT2D eigenvalue weighted by Crippen LogP contribution is -2.49. The van der Waals surface area contributed by atoms with E-state index in [-0.39, 0.29) is 47.2 Å². The molecule has 4 aliphatic rings. The summed E-state index contributed by atoms with van der Waals surface area (Å²) in [6.07, 6.45) is 7.31. The maximum atomic E-state index is 14.0. The molecular weight excluding hydrogens is 821 g/mol. The Morgan fingerprint density at radius 2 is 1.71 bits per heavy atom. The van der Waals surface area contributed by atoms with Gasteiger partial charge in [0.05, 0.1) is 34.5 Å². The van der Waals surface area contributed by atoms with Crippen molar-refractivity contribution in [2.24, 2.45) is 13.0 Å². The number of fused-ring (bicyclic) bond motifs is 2. The van der Waals surface area contributed by atoms with Crippen LogP contribution in [-0.4, -0.2) is 99.2 Å². The number of benzene rings is 2. The van der Waals surface area contributed by atoms with Crippen LogP contribution < -0.4 is 21.1 Å². The van der Waals surface area contributed by atoms with E-state index in [0.29, 0.717) is 78.7 Å². The van der Waals surface area contributed by atoms with Crippen LogP contribution in [0.15, 0.2) is 58.4 Å². The van der Waals surface area contributed by atoms with E-state index in [2.05, 4.69) is 56.8 Å². The zero-order valence-corrected chi connectivity index (χ0v) is 36.3. The Kier molecular flexibility index (Phi) is 11.5. The third kappa shape index (κ3) is 8.50. The Hall–Kier alpha value is -6.21. The Bertz CT molecular complexity index is 2880. The number of nitriles is 2. The van der Waals surface area contributed by atoms with Crippen LogP contribution in [0.3, 0.4) is 0 Å². The van der Waals surface area contributed by atoms with E-state index in [4.69, 9.17) is 4.98 Å². The number of aryl methyl sites for hydroxylation is 1. The van der Waals surface area contributed by atoms with Crippen LogP contribution in [0.4, 0.5) is 16.6 Å². The smallest absolute Gasteiger partial charge is 0.329 e. The van der Waals surface area contributed by atoms with Crippen LogP contribution in [0, 0.1) is 28.6 Å². The third-order valence-electron chi connectivity index (χ3n) is 13.0. The molecule has 2 N–H and O–H groups in total. The predicted molar refractivity (Wildman–Crippen MR) is 235 cm³/mol.